The molecular weight excluding hydrogens is 224 g/mol. The van der Waals surface area contributed by atoms with Crippen molar-refractivity contribution in [2.75, 3.05) is 0 Å². The average molecular weight is 243 g/mol. The summed E-state index contributed by atoms with van der Waals surface area (Å²) >= 11 is 6.53. The van der Waals surface area contributed by atoms with Gasteiger partial charge in [-0.1, -0.05) is 30.3 Å². The molecule has 2 unspecified atom stereocenters. The van der Waals surface area contributed by atoms with E-state index in [4.69, 9.17) is 11.6 Å². The largest absolute Gasteiger partial charge is 0.393 e. The second kappa shape index (κ2) is 5.67. The SMILES string of the molecule is CC(O)CC(Cl)(CC(C)O)c1ccccc1. The Morgan fingerprint density at radius 1 is 1.06 bits per heavy atom. The van der Waals surface area contributed by atoms with Crippen LogP contribution in [-0.4, -0.2) is 22.4 Å². The lowest BCUT2D eigenvalue weighted by molar-refractivity contribution is 0.129. The van der Waals surface area contributed by atoms with Crippen LogP contribution in [0.2, 0.25) is 0 Å². The molecule has 1 aromatic rings. The fraction of sp³-hybridized carbons (Fsp3) is 0.538. The molecule has 0 amide bonds. The Kier molecular flexibility index (Phi) is 4.78. The molecule has 0 saturated carbocycles. The van der Waals surface area contributed by atoms with Crippen LogP contribution in [0.4, 0.5) is 0 Å². The first-order valence-electron chi connectivity index (χ1n) is 5.54. The van der Waals surface area contributed by atoms with E-state index in [0.717, 1.165) is 5.56 Å². The first-order chi connectivity index (χ1) is 7.44. The molecule has 0 aliphatic rings. The van der Waals surface area contributed by atoms with Crippen LogP contribution in [0.15, 0.2) is 30.3 Å². The van der Waals surface area contributed by atoms with Gasteiger partial charge >= 0.3 is 0 Å². The van der Waals surface area contributed by atoms with Gasteiger partial charge in [-0.3, -0.25) is 0 Å². The van der Waals surface area contributed by atoms with E-state index in [1.165, 1.54) is 0 Å². The molecule has 1 aromatic carbocycles. The van der Waals surface area contributed by atoms with E-state index in [-0.39, 0.29) is 0 Å². The van der Waals surface area contributed by atoms with Crippen LogP contribution >= 0.6 is 11.6 Å². The number of halogens is 1. The van der Waals surface area contributed by atoms with E-state index in [1.807, 2.05) is 30.3 Å². The summed E-state index contributed by atoms with van der Waals surface area (Å²) in [7, 11) is 0. The van der Waals surface area contributed by atoms with E-state index >= 15 is 0 Å². The summed E-state index contributed by atoms with van der Waals surface area (Å²) in [5.41, 5.74) is 0.943. The van der Waals surface area contributed by atoms with E-state index in [0.29, 0.717) is 12.8 Å². The summed E-state index contributed by atoms with van der Waals surface area (Å²) in [4.78, 5) is -0.691. The minimum absolute atomic E-state index is 0.434. The predicted molar refractivity (Wildman–Crippen MR) is 66.6 cm³/mol. The van der Waals surface area contributed by atoms with E-state index in [9.17, 15) is 10.2 Å². The van der Waals surface area contributed by atoms with Gasteiger partial charge in [-0.15, -0.1) is 11.6 Å². The van der Waals surface area contributed by atoms with Gasteiger partial charge in [0.15, 0.2) is 0 Å². The standard InChI is InChI=1S/C13H19ClO2/c1-10(15)8-13(14,9-11(2)16)12-6-4-3-5-7-12/h3-7,10-11,15-16H,8-9H2,1-2H3. The second-order valence-corrected chi connectivity index (χ2v) is 5.16. The number of rotatable bonds is 5. The molecule has 0 aromatic heterocycles. The van der Waals surface area contributed by atoms with Crippen LogP contribution in [0.1, 0.15) is 32.3 Å². The van der Waals surface area contributed by atoms with Gasteiger partial charge in [0.25, 0.3) is 0 Å². The van der Waals surface area contributed by atoms with Crippen LogP contribution in [0.3, 0.4) is 0 Å². The topological polar surface area (TPSA) is 40.5 Å². The number of hydrogen-bond donors (Lipinski definition) is 2. The third-order valence-corrected chi connectivity index (χ3v) is 3.06. The summed E-state index contributed by atoms with van der Waals surface area (Å²) in [6.45, 7) is 3.42. The number of benzene rings is 1. The van der Waals surface area contributed by atoms with Gasteiger partial charge in [-0.05, 0) is 32.3 Å². The molecule has 2 N–H and O–H groups in total. The van der Waals surface area contributed by atoms with Crippen molar-refractivity contribution in [2.24, 2.45) is 0 Å². The molecule has 16 heavy (non-hydrogen) atoms. The third kappa shape index (κ3) is 3.78. The molecule has 0 spiro atoms. The third-order valence-electron chi connectivity index (χ3n) is 2.53. The minimum atomic E-state index is -0.691. The lowest BCUT2D eigenvalue weighted by Gasteiger charge is -2.30. The van der Waals surface area contributed by atoms with Crippen LogP contribution in [0, 0.1) is 0 Å². The van der Waals surface area contributed by atoms with Gasteiger partial charge in [-0.2, -0.15) is 0 Å². The number of aliphatic hydroxyl groups is 2. The van der Waals surface area contributed by atoms with Gasteiger partial charge in [0, 0.05) is 0 Å². The van der Waals surface area contributed by atoms with Crippen molar-refractivity contribution in [3.05, 3.63) is 35.9 Å². The van der Waals surface area contributed by atoms with Crippen molar-refractivity contribution in [1.82, 2.24) is 0 Å². The number of hydrogen-bond acceptors (Lipinski definition) is 2. The Morgan fingerprint density at radius 2 is 1.50 bits per heavy atom. The zero-order valence-corrected chi connectivity index (χ0v) is 10.5. The van der Waals surface area contributed by atoms with E-state index in [1.54, 1.807) is 13.8 Å². The number of aliphatic hydroxyl groups excluding tert-OH is 2. The molecule has 2 atom stereocenters. The van der Waals surface area contributed by atoms with Gasteiger partial charge in [0.1, 0.15) is 0 Å². The van der Waals surface area contributed by atoms with Crippen LogP contribution in [0.5, 0.6) is 0 Å². The maximum absolute atomic E-state index is 9.50. The zero-order valence-electron chi connectivity index (χ0n) is 9.73. The summed E-state index contributed by atoms with van der Waals surface area (Å²) in [5.74, 6) is 0. The fourth-order valence-corrected chi connectivity index (χ4v) is 2.56. The highest BCUT2D eigenvalue weighted by molar-refractivity contribution is 6.24. The molecule has 0 aliphatic heterocycles. The molecule has 2 nitrogen and oxygen atoms in total. The van der Waals surface area contributed by atoms with E-state index < -0.39 is 17.1 Å². The molecule has 90 valence electrons. The molecule has 0 saturated heterocycles. The van der Waals surface area contributed by atoms with Crippen LogP contribution in [-0.2, 0) is 4.87 Å². The monoisotopic (exact) mass is 242 g/mol. The molecular formula is C13H19ClO2. The highest BCUT2D eigenvalue weighted by atomic mass is 35.5. The quantitative estimate of drug-likeness (QED) is 0.780. The average Bonchev–Trinajstić information content (AvgIpc) is 2.16. The molecule has 1 rings (SSSR count). The Hall–Kier alpha value is -0.570. The molecule has 3 heteroatoms. The van der Waals surface area contributed by atoms with Crippen molar-refractivity contribution in [1.29, 1.82) is 0 Å². The highest BCUT2D eigenvalue weighted by Gasteiger charge is 2.32. The Bertz CT molecular complexity index is 299. The summed E-state index contributed by atoms with van der Waals surface area (Å²) in [5, 5.41) is 19.0. The highest BCUT2D eigenvalue weighted by Crippen LogP contribution is 2.38. The van der Waals surface area contributed by atoms with Gasteiger partial charge in [0.05, 0.1) is 17.1 Å². The van der Waals surface area contributed by atoms with Crippen LogP contribution in [0.25, 0.3) is 0 Å². The van der Waals surface area contributed by atoms with Gasteiger partial charge in [0.2, 0.25) is 0 Å². The molecule has 0 heterocycles. The molecule has 0 fully saturated rings. The van der Waals surface area contributed by atoms with Crippen molar-refractivity contribution in [3.8, 4) is 0 Å². The summed E-state index contributed by atoms with van der Waals surface area (Å²) < 4.78 is 0. The first-order valence-corrected chi connectivity index (χ1v) is 5.92. The first kappa shape index (κ1) is 13.5. The van der Waals surface area contributed by atoms with E-state index in [2.05, 4.69) is 0 Å². The Balaban J connectivity index is 2.95. The maximum atomic E-state index is 9.50. The molecule has 0 radical (unpaired) electrons. The lowest BCUT2D eigenvalue weighted by Crippen LogP contribution is -2.28. The van der Waals surface area contributed by atoms with Crippen LogP contribution < -0.4 is 0 Å². The summed E-state index contributed by atoms with van der Waals surface area (Å²) in [6, 6.07) is 9.61. The fourth-order valence-electron chi connectivity index (χ4n) is 1.99. The smallest absolute Gasteiger partial charge is 0.0743 e. The van der Waals surface area contributed by atoms with Crippen molar-refractivity contribution in [2.45, 2.75) is 43.8 Å². The zero-order chi connectivity index (χ0) is 12.2. The van der Waals surface area contributed by atoms with Gasteiger partial charge < -0.3 is 10.2 Å². The van der Waals surface area contributed by atoms with Crippen molar-refractivity contribution in [3.63, 3.8) is 0 Å². The Morgan fingerprint density at radius 3 is 1.88 bits per heavy atom. The van der Waals surface area contributed by atoms with Crippen molar-refractivity contribution < 1.29 is 10.2 Å². The lowest BCUT2D eigenvalue weighted by atomic mass is 9.88. The molecule has 0 bridgehead atoms. The molecule has 0 aliphatic carbocycles. The van der Waals surface area contributed by atoms with Crippen molar-refractivity contribution >= 4 is 11.6 Å². The second-order valence-electron chi connectivity index (χ2n) is 4.44. The minimum Gasteiger partial charge on any atom is -0.393 e. The maximum Gasteiger partial charge on any atom is 0.0743 e. The summed E-state index contributed by atoms with van der Waals surface area (Å²) in [6.07, 6.45) is -0.111. The Labute approximate surface area is 102 Å². The number of alkyl halides is 1. The predicted octanol–water partition coefficient (Wildman–Crippen LogP) is 2.66. The van der Waals surface area contributed by atoms with Gasteiger partial charge in [-0.25, -0.2) is 0 Å². The normalized spacial score (nSPS) is 18.8.